The summed E-state index contributed by atoms with van der Waals surface area (Å²) in [6.45, 7) is 4.49. The number of anilines is 1. The van der Waals surface area contributed by atoms with Crippen LogP contribution in [0.15, 0.2) is 16.6 Å². The molecule has 18 heavy (non-hydrogen) atoms. The molecule has 0 fully saturated rings. The molecule has 0 saturated carbocycles. The fraction of sp³-hybridized carbons (Fsp3) is 0.538. The van der Waals surface area contributed by atoms with Crippen molar-refractivity contribution in [3.8, 4) is 5.75 Å². The Hall–Kier alpha value is -0.780. The molecule has 4 nitrogen and oxygen atoms in total. The minimum Gasteiger partial charge on any atom is -0.491 e. The predicted octanol–water partition coefficient (Wildman–Crippen LogP) is 2.77. The predicted molar refractivity (Wildman–Crippen MR) is 76.1 cm³/mol. The van der Waals surface area contributed by atoms with Gasteiger partial charge in [0, 0.05) is 24.6 Å². The van der Waals surface area contributed by atoms with E-state index in [2.05, 4.69) is 15.9 Å². The van der Waals surface area contributed by atoms with Crippen LogP contribution in [-0.2, 0) is 9.47 Å². The van der Waals surface area contributed by atoms with Crippen molar-refractivity contribution in [1.29, 1.82) is 0 Å². The van der Waals surface area contributed by atoms with Gasteiger partial charge in [0.25, 0.3) is 0 Å². The van der Waals surface area contributed by atoms with Crippen molar-refractivity contribution in [2.45, 2.75) is 13.3 Å². The van der Waals surface area contributed by atoms with Crippen molar-refractivity contribution in [3.63, 3.8) is 0 Å². The molecule has 0 spiro atoms. The van der Waals surface area contributed by atoms with E-state index in [4.69, 9.17) is 19.9 Å². The Balaban J connectivity index is 2.27. The van der Waals surface area contributed by atoms with E-state index in [9.17, 15) is 0 Å². The first-order chi connectivity index (χ1) is 8.65. The Morgan fingerprint density at radius 2 is 1.94 bits per heavy atom. The Morgan fingerprint density at radius 3 is 2.61 bits per heavy atom. The lowest BCUT2D eigenvalue weighted by Gasteiger charge is -2.12. The van der Waals surface area contributed by atoms with Gasteiger partial charge >= 0.3 is 0 Å². The van der Waals surface area contributed by atoms with Gasteiger partial charge in [-0.15, -0.1) is 0 Å². The lowest BCUT2D eigenvalue weighted by Crippen LogP contribution is -2.08. The summed E-state index contributed by atoms with van der Waals surface area (Å²) in [6.07, 6.45) is 0.832. The summed E-state index contributed by atoms with van der Waals surface area (Å²) < 4.78 is 16.9. The molecule has 2 N–H and O–H groups in total. The van der Waals surface area contributed by atoms with Gasteiger partial charge in [-0.05, 0) is 24.6 Å². The third kappa shape index (κ3) is 5.25. The highest BCUT2D eigenvalue weighted by atomic mass is 79.9. The summed E-state index contributed by atoms with van der Waals surface area (Å²) in [6, 6.07) is 3.83. The van der Waals surface area contributed by atoms with Gasteiger partial charge in [0.1, 0.15) is 5.75 Å². The van der Waals surface area contributed by atoms with Crippen LogP contribution in [0.4, 0.5) is 5.69 Å². The van der Waals surface area contributed by atoms with Crippen molar-refractivity contribution in [3.05, 3.63) is 22.2 Å². The van der Waals surface area contributed by atoms with Gasteiger partial charge in [0.2, 0.25) is 0 Å². The summed E-state index contributed by atoms with van der Waals surface area (Å²) in [5, 5.41) is 0. The van der Waals surface area contributed by atoms with Crippen LogP contribution >= 0.6 is 15.9 Å². The minimum absolute atomic E-state index is 0.597. The number of nitrogen functional groups attached to an aromatic ring is 1. The Bertz CT molecular complexity index is 348. The molecule has 0 unspecified atom stereocenters. The number of aryl methyl sites for hydroxylation is 1. The molecule has 102 valence electrons. The lowest BCUT2D eigenvalue weighted by atomic mass is 10.2. The van der Waals surface area contributed by atoms with Gasteiger partial charge in [0.05, 0.1) is 25.5 Å². The van der Waals surface area contributed by atoms with Gasteiger partial charge < -0.3 is 19.9 Å². The molecule has 0 aromatic heterocycles. The van der Waals surface area contributed by atoms with Crippen molar-refractivity contribution < 1.29 is 14.2 Å². The molecule has 0 radical (unpaired) electrons. The maximum Gasteiger partial charge on any atom is 0.145 e. The van der Waals surface area contributed by atoms with E-state index in [0.717, 1.165) is 22.2 Å². The van der Waals surface area contributed by atoms with Crippen LogP contribution < -0.4 is 10.5 Å². The van der Waals surface area contributed by atoms with Crippen molar-refractivity contribution >= 4 is 21.6 Å². The fourth-order valence-corrected chi connectivity index (χ4v) is 2.12. The second-order valence-electron chi connectivity index (χ2n) is 3.95. The first kappa shape index (κ1) is 15.3. The van der Waals surface area contributed by atoms with E-state index >= 15 is 0 Å². The lowest BCUT2D eigenvalue weighted by molar-refractivity contribution is 0.0644. The average molecular weight is 318 g/mol. The van der Waals surface area contributed by atoms with E-state index in [0.29, 0.717) is 32.1 Å². The second kappa shape index (κ2) is 8.34. The molecule has 0 atom stereocenters. The topological polar surface area (TPSA) is 53.7 Å². The highest BCUT2D eigenvalue weighted by Crippen LogP contribution is 2.30. The molecule has 0 heterocycles. The smallest absolute Gasteiger partial charge is 0.145 e. The van der Waals surface area contributed by atoms with E-state index in [1.165, 1.54) is 0 Å². The van der Waals surface area contributed by atoms with Gasteiger partial charge in [-0.1, -0.05) is 15.9 Å². The number of hydrogen-bond donors (Lipinski definition) is 1. The fourth-order valence-electron chi connectivity index (χ4n) is 1.53. The van der Waals surface area contributed by atoms with Gasteiger partial charge in [-0.25, -0.2) is 0 Å². The van der Waals surface area contributed by atoms with E-state index in [1.54, 1.807) is 7.11 Å². The summed E-state index contributed by atoms with van der Waals surface area (Å²) >= 11 is 3.40. The summed E-state index contributed by atoms with van der Waals surface area (Å²) in [7, 11) is 1.66. The van der Waals surface area contributed by atoms with Crippen LogP contribution in [0, 0.1) is 6.92 Å². The maximum atomic E-state index is 5.90. The normalized spacial score (nSPS) is 10.6. The molecule has 1 aromatic carbocycles. The Labute approximate surface area is 117 Å². The van der Waals surface area contributed by atoms with Gasteiger partial charge in [-0.3, -0.25) is 0 Å². The number of hydrogen-bond acceptors (Lipinski definition) is 4. The SMILES string of the molecule is COCCOCCCOc1c(C)cc(Br)cc1N. The van der Waals surface area contributed by atoms with Crippen LogP contribution in [-0.4, -0.2) is 33.5 Å². The maximum absolute atomic E-state index is 5.90. The zero-order valence-corrected chi connectivity index (χ0v) is 12.5. The molecule has 0 aliphatic carbocycles. The number of halogens is 1. The molecule has 0 aliphatic heterocycles. The number of nitrogens with two attached hydrogens (primary N) is 1. The summed E-state index contributed by atoms with van der Waals surface area (Å²) in [5.74, 6) is 0.759. The molecule has 0 bridgehead atoms. The number of rotatable bonds is 8. The number of benzene rings is 1. The zero-order chi connectivity index (χ0) is 13.4. The molecular formula is C13H20BrNO3. The van der Waals surface area contributed by atoms with Crippen molar-refractivity contribution in [2.24, 2.45) is 0 Å². The first-order valence-electron chi connectivity index (χ1n) is 5.90. The van der Waals surface area contributed by atoms with Crippen LogP contribution in [0.25, 0.3) is 0 Å². The third-order valence-corrected chi connectivity index (χ3v) is 2.84. The largest absolute Gasteiger partial charge is 0.491 e. The zero-order valence-electron chi connectivity index (χ0n) is 10.9. The average Bonchev–Trinajstić information content (AvgIpc) is 2.30. The van der Waals surface area contributed by atoms with Crippen LogP contribution in [0.3, 0.4) is 0 Å². The molecule has 0 saturated heterocycles. The van der Waals surface area contributed by atoms with E-state index in [1.807, 2.05) is 19.1 Å². The van der Waals surface area contributed by atoms with E-state index in [-0.39, 0.29) is 0 Å². The molecule has 5 heteroatoms. The Kier molecular flexibility index (Phi) is 7.08. The van der Waals surface area contributed by atoms with Crippen LogP contribution in [0.1, 0.15) is 12.0 Å². The monoisotopic (exact) mass is 317 g/mol. The summed E-state index contributed by atoms with van der Waals surface area (Å²) in [5.41, 5.74) is 7.58. The quantitative estimate of drug-likeness (QED) is 0.591. The van der Waals surface area contributed by atoms with E-state index < -0.39 is 0 Å². The minimum atomic E-state index is 0.597. The second-order valence-corrected chi connectivity index (χ2v) is 4.86. The molecule has 0 aliphatic rings. The standard InChI is InChI=1S/C13H20BrNO3/c1-10-8-11(14)9-12(15)13(10)18-5-3-4-17-7-6-16-2/h8-9H,3-7,15H2,1-2H3. The van der Waals surface area contributed by atoms with Crippen molar-refractivity contribution in [1.82, 2.24) is 0 Å². The number of methoxy groups -OCH3 is 1. The van der Waals surface area contributed by atoms with Crippen LogP contribution in [0.5, 0.6) is 5.75 Å². The third-order valence-electron chi connectivity index (χ3n) is 2.38. The summed E-state index contributed by atoms with van der Waals surface area (Å²) in [4.78, 5) is 0. The first-order valence-corrected chi connectivity index (χ1v) is 6.69. The molecule has 1 rings (SSSR count). The molecular weight excluding hydrogens is 298 g/mol. The molecule has 0 amide bonds. The highest BCUT2D eigenvalue weighted by molar-refractivity contribution is 9.10. The van der Waals surface area contributed by atoms with Gasteiger partial charge in [0.15, 0.2) is 0 Å². The Morgan fingerprint density at radius 1 is 1.17 bits per heavy atom. The highest BCUT2D eigenvalue weighted by Gasteiger charge is 2.05. The van der Waals surface area contributed by atoms with Crippen LogP contribution in [0.2, 0.25) is 0 Å². The van der Waals surface area contributed by atoms with Gasteiger partial charge in [-0.2, -0.15) is 0 Å². The van der Waals surface area contributed by atoms with Crippen molar-refractivity contribution in [2.75, 3.05) is 39.3 Å². The molecule has 1 aromatic rings. The number of ether oxygens (including phenoxy) is 3.